The zero-order valence-corrected chi connectivity index (χ0v) is 11.6. The number of rotatable bonds is 6. The van der Waals surface area contributed by atoms with Gasteiger partial charge >= 0.3 is 5.97 Å². The van der Waals surface area contributed by atoms with Crippen molar-refractivity contribution < 1.29 is 18.7 Å². The summed E-state index contributed by atoms with van der Waals surface area (Å²) in [5.74, 6) is -1.00. The van der Waals surface area contributed by atoms with Crippen molar-refractivity contribution in [2.45, 2.75) is 32.8 Å². The number of halogens is 1. The molecule has 4 nitrogen and oxygen atoms in total. The van der Waals surface area contributed by atoms with E-state index in [2.05, 4.69) is 5.32 Å². The quantitative estimate of drug-likeness (QED) is 0.813. The molecule has 108 valence electrons. The van der Waals surface area contributed by atoms with E-state index in [-0.39, 0.29) is 29.9 Å². The first-order valence-corrected chi connectivity index (χ1v) is 6.74. The Morgan fingerprint density at radius 3 is 2.70 bits per heavy atom. The van der Waals surface area contributed by atoms with E-state index in [0.29, 0.717) is 5.69 Å². The van der Waals surface area contributed by atoms with Gasteiger partial charge in [0.1, 0.15) is 5.82 Å². The zero-order chi connectivity index (χ0) is 14.7. The zero-order valence-electron chi connectivity index (χ0n) is 11.6. The lowest BCUT2D eigenvalue weighted by Crippen LogP contribution is -2.17. The van der Waals surface area contributed by atoms with Crippen molar-refractivity contribution in [1.29, 1.82) is 0 Å². The van der Waals surface area contributed by atoms with E-state index >= 15 is 0 Å². The number of ether oxygens (including phenoxy) is 1. The average Bonchev–Trinajstić information content (AvgIpc) is 3.20. The van der Waals surface area contributed by atoms with Crippen LogP contribution in [0.1, 0.15) is 37.0 Å². The van der Waals surface area contributed by atoms with Crippen LogP contribution < -0.4 is 5.32 Å². The van der Waals surface area contributed by atoms with Crippen LogP contribution in [0.2, 0.25) is 0 Å². The normalized spacial score (nSPS) is 14.2. The van der Waals surface area contributed by atoms with Crippen LogP contribution in [0.15, 0.2) is 18.2 Å². The fraction of sp³-hybridized carbons (Fsp3) is 0.467. The number of nitrogens with one attached hydrogen (secondary N) is 1. The Morgan fingerprint density at radius 1 is 1.40 bits per heavy atom. The predicted octanol–water partition coefficient (Wildman–Crippen LogP) is 2.78. The molecule has 0 amide bonds. The summed E-state index contributed by atoms with van der Waals surface area (Å²) in [7, 11) is 0. The maximum Gasteiger partial charge on any atom is 0.341 e. The van der Waals surface area contributed by atoms with E-state index in [4.69, 9.17) is 4.74 Å². The highest BCUT2D eigenvalue weighted by atomic mass is 19.1. The summed E-state index contributed by atoms with van der Waals surface area (Å²) in [6.07, 6.45) is 1.60. The van der Waals surface area contributed by atoms with Gasteiger partial charge in [-0.05, 0) is 44.9 Å². The number of benzene rings is 1. The molecule has 1 aliphatic rings. The Morgan fingerprint density at radius 2 is 2.10 bits per heavy atom. The third kappa shape index (κ3) is 3.79. The van der Waals surface area contributed by atoms with E-state index < -0.39 is 11.8 Å². The highest BCUT2D eigenvalue weighted by Crippen LogP contribution is 2.29. The molecule has 1 aromatic rings. The monoisotopic (exact) mass is 279 g/mol. The van der Waals surface area contributed by atoms with Crippen LogP contribution in [-0.4, -0.2) is 24.4 Å². The van der Waals surface area contributed by atoms with Crippen LogP contribution in [0.3, 0.4) is 0 Å². The average molecular weight is 279 g/mol. The van der Waals surface area contributed by atoms with Crippen LogP contribution in [0.25, 0.3) is 0 Å². The number of esters is 1. The van der Waals surface area contributed by atoms with Gasteiger partial charge in [-0.3, -0.25) is 4.79 Å². The van der Waals surface area contributed by atoms with Gasteiger partial charge < -0.3 is 10.1 Å². The predicted molar refractivity (Wildman–Crippen MR) is 73.2 cm³/mol. The number of ketones is 1. The highest BCUT2D eigenvalue weighted by Gasteiger charge is 2.28. The van der Waals surface area contributed by atoms with Gasteiger partial charge in [-0.1, -0.05) is 0 Å². The highest BCUT2D eigenvalue weighted by molar-refractivity contribution is 5.91. The number of hydrogen-bond acceptors (Lipinski definition) is 4. The molecule has 0 unspecified atom stereocenters. The number of Topliss-reactive ketones (excluding diaryl/α,β-unsaturated/α-hetero) is 1. The summed E-state index contributed by atoms with van der Waals surface area (Å²) in [6, 6.07) is 4.07. The van der Waals surface area contributed by atoms with Gasteiger partial charge in [0.25, 0.3) is 0 Å². The standard InChI is InChI=1S/C15H18FNO3/c1-9(2)20-15(19)12-7-11(5-6-13(12)16)17-8-14(18)10-3-4-10/h5-7,9-10,17H,3-4,8H2,1-2H3. The molecule has 0 aliphatic heterocycles. The summed E-state index contributed by atoms with van der Waals surface area (Å²) in [5.41, 5.74) is 0.415. The van der Waals surface area contributed by atoms with E-state index in [0.717, 1.165) is 12.8 Å². The summed E-state index contributed by atoms with van der Waals surface area (Å²) in [4.78, 5) is 23.3. The van der Waals surface area contributed by atoms with Crippen molar-refractivity contribution in [2.75, 3.05) is 11.9 Å². The second kappa shape index (κ2) is 6.03. The third-order valence-corrected chi connectivity index (χ3v) is 3.03. The van der Waals surface area contributed by atoms with Crippen LogP contribution in [-0.2, 0) is 9.53 Å². The summed E-state index contributed by atoms with van der Waals surface area (Å²) < 4.78 is 18.6. The molecule has 0 aromatic heterocycles. The van der Waals surface area contributed by atoms with E-state index in [1.54, 1.807) is 13.8 Å². The van der Waals surface area contributed by atoms with Gasteiger partial charge in [0, 0.05) is 11.6 Å². The topological polar surface area (TPSA) is 55.4 Å². The van der Waals surface area contributed by atoms with Gasteiger partial charge in [0.05, 0.1) is 18.2 Å². The lowest BCUT2D eigenvalue weighted by atomic mass is 10.1. The summed E-state index contributed by atoms with van der Waals surface area (Å²) >= 11 is 0. The fourth-order valence-electron chi connectivity index (χ4n) is 1.81. The smallest absolute Gasteiger partial charge is 0.341 e. The molecular weight excluding hydrogens is 261 g/mol. The molecule has 0 bridgehead atoms. The van der Waals surface area contributed by atoms with Crippen molar-refractivity contribution in [1.82, 2.24) is 0 Å². The summed E-state index contributed by atoms with van der Waals surface area (Å²) in [5, 5.41) is 2.92. The molecule has 20 heavy (non-hydrogen) atoms. The molecule has 1 aliphatic carbocycles. The Bertz CT molecular complexity index is 524. The van der Waals surface area contributed by atoms with Gasteiger partial charge in [-0.2, -0.15) is 0 Å². The van der Waals surface area contributed by atoms with Crippen LogP contribution in [0.4, 0.5) is 10.1 Å². The van der Waals surface area contributed by atoms with Crippen molar-refractivity contribution in [2.24, 2.45) is 5.92 Å². The largest absolute Gasteiger partial charge is 0.459 e. The first-order valence-electron chi connectivity index (χ1n) is 6.74. The minimum absolute atomic E-state index is 0.123. The Balaban J connectivity index is 2.03. The minimum atomic E-state index is -0.699. The van der Waals surface area contributed by atoms with Crippen molar-refractivity contribution in [3.63, 3.8) is 0 Å². The van der Waals surface area contributed by atoms with Crippen molar-refractivity contribution in [3.8, 4) is 0 Å². The second-order valence-electron chi connectivity index (χ2n) is 5.24. The third-order valence-electron chi connectivity index (χ3n) is 3.03. The molecule has 2 rings (SSSR count). The molecule has 0 heterocycles. The van der Waals surface area contributed by atoms with E-state index in [1.165, 1.54) is 18.2 Å². The SMILES string of the molecule is CC(C)OC(=O)c1cc(NCC(=O)C2CC2)ccc1F. The minimum Gasteiger partial charge on any atom is -0.459 e. The Hall–Kier alpha value is -1.91. The number of carbonyl (C=O) groups is 2. The van der Waals surface area contributed by atoms with Crippen molar-refractivity contribution >= 4 is 17.4 Å². The molecule has 0 radical (unpaired) electrons. The molecule has 5 heteroatoms. The molecule has 1 fully saturated rings. The van der Waals surface area contributed by atoms with Crippen LogP contribution in [0.5, 0.6) is 0 Å². The van der Waals surface area contributed by atoms with Crippen LogP contribution >= 0.6 is 0 Å². The maximum absolute atomic E-state index is 13.6. The van der Waals surface area contributed by atoms with Crippen LogP contribution in [0, 0.1) is 11.7 Å². The Kier molecular flexibility index (Phi) is 4.37. The molecule has 1 saturated carbocycles. The second-order valence-corrected chi connectivity index (χ2v) is 5.24. The van der Waals surface area contributed by atoms with Gasteiger partial charge in [0.2, 0.25) is 0 Å². The molecular formula is C15H18FNO3. The number of hydrogen-bond donors (Lipinski definition) is 1. The lowest BCUT2D eigenvalue weighted by molar-refractivity contribution is -0.118. The van der Waals surface area contributed by atoms with Gasteiger partial charge in [-0.15, -0.1) is 0 Å². The molecule has 0 atom stereocenters. The van der Waals surface area contributed by atoms with Gasteiger partial charge in [0.15, 0.2) is 5.78 Å². The van der Waals surface area contributed by atoms with Crippen molar-refractivity contribution in [3.05, 3.63) is 29.6 Å². The number of carbonyl (C=O) groups excluding carboxylic acids is 2. The summed E-state index contributed by atoms with van der Waals surface area (Å²) in [6.45, 7) is 3.60. The first-order chi connectivity index (χ1) is 9.47. The molecule has 0 saturated heterocycles. The first kappa shape index (κ1) is 14.5. The molecule has 1 aromatic carbocycles. The lowest BCUT2D eigenvalue weighted by Gasteiger charge is -2.11. The van der Waals surface area contributed by atoms with Gasteiger partial charge in [-0.25, -0.2) is 9.18 Å². The molecule has 0 spiro atoms. The number of anilines is 1. The molecule has 1 N–H and O–H groups in total. The maximum atomic E-state index is 13.6. The Labute approximate surface area is 117 Å². The van der Waals surface area contributed by atoms with E-state index in [1.807, 2.05) is 0 Å². The van der Waals surface area contributed by atoms with E-state index in [9.17, 15) is 14.0 Å². The fourth-order valence-corrected chi connectivity index (χ4v) is 1.81.